The zero-order valence-corrected chi connectivity index (χ0v) is 16.4. The van der Waals surface area contributed by atoms with E-state index >= 15 is 0 Å². The predicted molar refractivity (Wildman–Crippen MR) is 106 cm³/mol. The van der Waals surface area contributed by atoms with Crippen molar-refractivity contribution < 1.29 is 4.79 Å². The zero-order chi connectivity index (χ0) is 18.7. The Labute approximate surface area is 152 Å². The molecule has 134 valence electrons. The molecule has 2 rings (SSSR count). The number of hydrogen-bond donors (Lipinski definition) is 1. The molecule has 0 heterocycles. The molecular formula is C23H31NO. The van der Waals surface area contributed by atoms with E-state index in [4.69, 9.17) is 0 Å². The smallest absolute Gasteiger partial charge is 0.251 e. The number of benzene rings is 2. The first-order chi connectivity index (χ1) is 11.6. The monoisotopic (exact) mass is 337 g/mol. The van der Waals surface area contributed by atoms with Gasteiger partial charge in [0, 0.05) is 11.6 Å². The minimum absolute atomic E-state index is 0.00181. The second-order valence-electron chi connectivity index (χ2n) is 8.91. The molecule has 2 heteroatoms. The fraction of sp³-hybridized carbons (Fsp3) is 0.435. The Morgan fingerprint density at radius 3 is 2.12 bits per heavy atom. The lowest BCUT2D eigenvalue weighted by atomic mass is 9.82. The second kappa shape index (κ2) is 7.43. The van der Waals surface area contributed by atoms with E-state index in [0.717, 1.165) is 12.0 Å². The molecule has 2 aromatic rings. The molecule has 1 N–H and O–H groups in total. The molecule has 0 aliphatic carbocycles. The number of carbonyl (C=O) groups is 1. The topological polar surface area (TPSA) is 29.1 Å². The minimum Gasteiger partial charge on any atom is -0.348 e. The molecule has 25 heavy (non-hydrogen) atoms. The van der Waals surface area contributed by atoms with Gasteiger partial charge in [-0.2, -0.15) is 0 Å². The van der Waals surface area contributed by atoms with Crippen LogP contribution in [0.15, 0.2) is 54.6 Å². The van der Waals surface area contributed by atoms with E-state index in [0.29, 0.717) is 0 Å². The van der Waals surface area contributed by atoms with E-state index in [-0.39, 0.29) is 22.8 Å². The van der Waals surface area contributed by atoms with Crippen LogP contribution >= 0.6 is 0 Å². The maximum absolute atomic E-state index is 12.9. The van der Waals surface area contributed by atoms with Crippen LogP contribution in [0.3, 0.4) is 0 Å². The van der Waals surface area contributed by atoms with E-state index in [1.165, 1.54) is 11.1 Å². The van der Waals surface area contributed by atoms with Gasteiger partial charge in [0.15, 0.2) is 0 Å². The van der Waals surface area contributed by atoms with Gasteiger partial charge in [-0.25, -0.2) is 0 Å². The number of amides is 1. The Morgan fingerprint density at radius 1 is 0.920 bits per heavy atom. The van der Waals surface area contributed by atoms with Crippen molar-refractivity contribution in [2.24, 2.45) is 5.41 Å². The van der Waals surface area contributed by atoms with E-state index in [1.54, 1.807) is 0 Å². The van der Waals surface area contributed by atoms with Crippen LogP contribution in [0.4, 0.5) is 0 Å². The normalized spacial score (nSPS) is 13.4. The summed E-state index contributed by atoms with van der Waals surface area (Å²) in [5.41, 5.74) is 3.16. The predicted octanol–water partition coefficient (Wildman–Crippen LogP) is 5.37. The van der Waals surface area contributed by atoms with Gasteiger partial charge in [-0.05, 0) is 40.5 Å². The molecule has 1 amide bonds. The van der Waals surface area contributed by atoms with E-state index < -0.39 is 0 Å². The summed E-state index contributed by atoms with van der Waals surface area (Å²) < 4.78 is 0. The van der Waals surface area contributed by atoms with Crippen molar-refractivity contribution in [2.75, 3.05) is 0 Å². The first kappa shape index (κ1) is 19.2. The van der Waals surface area contributed by atoms with Crippen molar-refractivity contribution >= 4 is 5.91 Å². The Hall–Kier alpha value is -2.09. The van der Waals surface area contributed by atoms with Gasteiger partial charge in [-0.1, -0.05) is 84.0 Å². The van der Waals surface area contributed by atoms with Gasteiger partial charge in [-0.3, -0.25) is 4.79 Å². The number of rotatable bonds is 4. The van der Waals surface area contributed by atoms with Crippen LogP contribution in [0.25, 0.3) is 0 Å². The summed E-state index contributed by atoms with van der Waals surface area (Å²) in [6.07, 6.45) is 0.828. The van der Waals surface area contributed by atoms with Crippen LogP contribution < -0.4 is 5.32 Å². The summed E-state index contributed by atoms with van der Waals surface area (Å²) in [5, 5.41) is 3.26. The van der Waals surface area contributed by atoms with Gasteiger partial charge in [0.25, 0.3) is 5.91 Å². The first-order valence-electron chi connectivity index (χ1n) is 9.03. The van der Waals surface area contributed by atoms with Crippen LogP contribution in [0, 0.1) is 5.41 Å². The maximum Gasteiger partial charge on any atom is 0.251 e. The van der Waals surface area contributed by atoms with Crippen molar-refractivity contribution in [3.05, 3.63) is 71.3 Å². The molecule has 2 nitrogen and oxygen atoms in total. The fourth-order valence-corrected chi connectivity index (χ4v) is 2.79. The van der Waals surface area contributed by atoms with Crippen LogP contribution in [-0.4, -0.2) is 11.9 Å². The SMILES string of the molecule is CC(C)(C)c1cccc(C(=O)NC(Cc2ccccc2)C(C)(C)C)c1. The Bertz CT molecular complexity index is 705. The molecule has 1 atom stereocenters. The molecule has 0 radical (unpaired) electrons. The van der Waals surface area contributed by atoms with Crippen LogP contribution in [0.1, 0.15) is 63.0 Å². The molecule has 0 spiro atoms. The summed E-state index contributed by atoms with van der Waals surface area (Å²) >= 11 is 0. The van der Waals surface area contributed by atoms with Crippen LogP contribution in [0.2, 0.25) is 0 Å². The lowest BCUT2D eigenvalue weighted by Gasteiger charge is -2.32. The third-order valence-electron chi connectivity index (χ3n) is 4.62. The van der Waals surface area contributed by atoms with Crippen LogP contribution in [-0.2, 0) is 11.8 Å². The van der Waals surface area contributed by atoms with E-state index in [9.17, 15) is 4.79 Å². The van der Waals surface area contributed by atoms with Crippen molar-refractivity contribution in [1.29, 1.82) is 0 Å². The number of carbonyl (C=O) groups excluding carboxylic acids is 1. The Kier molecular flexibility index (Phi) is 5.72. The Balaban J connectivity index is 2.20. The highest BCUT2D eigenvalue weighted by atomic mass is 16.1. The third kappa shape index (κ3) is 5.45. The van der Waals surface area contributed by atoms with Gasteiger partial charge in [0.05, 0.1) is 0 Å². The molecule has 0 aliphatic heterocycles. The number of nitrogens with one attached hydrogen (secondary N) is 1. The molecule has 2 aromatic carbocycles. The van der Waals surface area contributed by atoms with Crippen molar-refractivity contribution in [3.63, 3.8) is 0 Å². The first-order valence-corrected chi connectivity index (χ1v) is 9.03. The largest absolute Gasteiger partial charge is 0.348 e. The van der Waals surface area contributed by atoms with Gasteiger partial charge in [0.1, 0.15) is 0 Å². The highest BCUT2D eigenvalue weighted by Crippen LogP contribution is 2.25. The molecular weight excluding hydrogens is 306 g/mol. The van der Waals surface area contributed by atoms with Gasteiger partial charge in [0.2, 0.25) is 0 Å². The molecule has 0 bridgehead atoms. The van der Waals surface area contributed by atoms with Crippen molar-refractivity contribution in [3.8, 4) is 0 Å². The quantitative estimate of drug-likeness (QED) is 0.798. The standard InChI is InChI=1S/C23H31NO/c1-22(2,3)19-14-10-13-18(16-19)21(25)24-20(23(4,5)6)15-17-11-8-7-9-12-17/h7-14,16,20H,15H2,1-6H3,(H,24,25). The summed E-state index contributed by atoms with van der Waals surface area (Å²) in [6, 6.07) is 18.4. The van der Waals surface area contributed by atoms with Gasteiger partial charge < -0.3 is 5.32 Å². The van der Waals surface area contributed by atoms with Gasteiger partial charge >= 0.3 is 0 Å². The molecule has 1 unspecified atom stereocenters. The second-order valence-corrected chi connectivity index (χ2v) is 8.91. The van der Waals surface area contributed by atoms with Crippen LogP contribution in [0.5, 0.6) is 0 Å². The highest BCUT2D eigenvalue weighted by Gasteiger charge is 2.27. The molecule has 0 aliphatic rings. The summed E-state index contributed by atoms with van der Waals surface area (Å²) in [4.78, 5) is 12.9. The molecule has 0 saturated carbocycles. The lowest BCUT2D eigenvalue weighted by Crippen LogP contribution is -2.45. The summed E-state index contributed by atoms with van der Waals surface area (Å²) in [5.74, 6) is 0.00181. The zero-order valence-electron chi connectivity index (χ0n) is 16.4. The lowest BCUT2D eigenvalue weighted by molar-refractivity contribution is 0.0902. The molecule has 0 aromatic heterocycles. The van der Waals surface area contributed by atoms with Crippen molar-refractivity contribution in [1.82, 2.24) is 5.32 Å². The Morgan fingerprint density at radius 2 is 1.56 bits per heavy atom. The fourth-order valence-electron chi connectivity index (χ4n) is 2.79. The van der Waals surface area contributed by atoms with Gasteiger partial charge in [-0.15, -0.1) is 0 Å². The average Bonchev–Trinajstić information content (AvgIpc) is 2.53. The highest BCUT2D eigenvalue weighted by molar-refractivity contribution is 5.94. The van der Waals surface area contributed by atoms with E-state index in [1.807, 2.05) is 36.4 Å². The minimum atomic E-state index is -0.0207. The third-order valence-corrected chi connectivity index (χ3v) is 4.62. The summed E-state index contributed by atoms with van der Waals surface area (Å²) in [7, 11) is 0. The average molecular weight is 338 g/mol. The van der Waals surface area contributed by atoms with Crippen molar-refractivity contribution in [2.45, 2.75) is 59.4 Å². The number of hydrogen-bond acceptors (Lipinski definition) is 1. The maximum atomic E-state index is 12.9. The molecule has 0 fully saturated rings. The molecule has 0 saturated heterocycles. The van der Waals surface area contributed by atoms with E-state index in [2.05, 4.69) is 65.1 Å². The summed E-state index contributed by atoms with van der Waals surface area (Å²) in [6.45, 7) is 13.0.